The number of nitrogens with one attached hydrogen (secondary N) is 1. The van der Waals surface area contributed by atoms with Crippen LogP contribution in [0.15, 0.2) is 23.1 Å². The van der Waals surface area contributed by atoms with E-state index in [9.17, 15) is 8.42 Å². The van der Waals surface area contributed by atoms with Gasteiger partial charge >= 0.3 is 0 Å². The summed E-state index contributed by atoms with van der Waals surface area (Å²) in [5, 5.41) is 3.28. The molecule has 1 N–H and O–H groups in total. The van der Waals surface area contributed by atoms with Gasteiger partial charge in [-0.1, -0.05) is 23.7 Å². The average molecular weight is 232 g/mol. The van der Waals surface area contributed by atoms with Crippen LogP contribution in [0.3, 0.4) is 0 Å². The van der Waals surface area contributed by atoms with E-state index in [0.717, 1.165) is 5.56 Å². The minimum absolute atomic E-state index is 0.0998. The van der Waals surface area contributed by atoms with Gasteiger partial charge in [0, 0.05) is 6.04 Å². The van der Waals surface area contributed by atoms with Crippen molar-refractivity contribution in [1.82, 2.24) is 5.32 Å². The predicted molar refractivity (Wildman–Crippen MR) is 55.3 cm³/mol. The molecule has 0 spiro atoms. The summed E-state index contributed by atoms with van der Waals surface area (Å²) in [5.41, 5.74) is 0.778. The molecule has 1 aromatic rings. The Morgan fingerprint density at radius 2 is 2.21 bits per heavy atom. The highest BCUT2D eigenvalue weighted by Crippen LogP contribution is 2.37. The summed E-state index contributed by atoms with van der Waals surface area (Å²) in [4.78, 5) is 0.293. The van der Waals surface area contributed by atoms with Crippen LogP contribution in [0.4, 0.5) is 0 Å². The van der Waals surface area contributed by atoms with E-state index in [1.165, 1.54) is 0 Å². The molecule has 0 fully saturated rings. The molecule has 1 heterocycles. The van der Waals surface area contributed by atoms with Crippen LogP contribution in [0.1, 0.15) is 11.6 Å². The van der Waals surface area contributed by atoms with Crippen LogP contribution in [0, 0.1) is 0 Å². The molecule has 0 aromatic heterocycles. The molecule has 1 aliphatic rings. The Morgan fingerprint density at radius 1 is 1.50 bits per heavy atom. The second-order valence-electron chi connectivity index (χ2n) is 3.28. The maximum Gasteiger partial charge on any atom is 0.182 e. The van der Waals surface area contributed by atoms with Gasteiger partial charge in [0.1, 0.15) is 0 Å². The number of halogens is 1. The fourth-order valence-corrected chi connectivity index (χ4v) is 4.18. The van der Waals surface area contributed by atoms with Gasteiger partial charge in [0.05, 0.1) is 15.7 Å². The topological polar surface area (TPSA) is 46.2 Å². The maximum absolute atomic E-state index is 11.7. The standard InChI is InChI=1S/C9H10ClNO2S/c1-11-8-5-14(12,13)9-6(8)3-2-4-7(9)10/h2-4,8,11H,5H2,1H3. The van der Waals surface area contributed by atoms with Crippen molar-refractivity contribution in [2.75, 3.05) is 12.8 Å². The first-order valence-corrected chi connectivity index (χ1v) is 6.27. The summed E-state index contributed by atoms with van der Waals surface area (Å²) in [6, 6.07) is 5.05. The predicted octanol–water partition coefficient (Wildman–Crippen LogP) is 1.39. The summed E-state index contributed by atoms with van der Waals surface area (Å²) < 4.78 is 23.4. The van der Waals surface area contributed by atoms with Gasteiger partial charge in [-0.2, -0.15) is 0 Å². The van der Waals surface area contributed by atoms with E-state index in [4.69, 9.17) is 11.6 Å². The third-order valence-corrected chi connectivity index (χ3v) is 4.70. The third-order valence-electron chi connectivity index (χ3n) is 2.42. The van der Waals surface area contributed by atoms with Crippen LogP contribution in [0.25, 0.3) is 0 Å². The van der Waals surface area contributed by atoms with Crippen molar-refractivity contribution >= 4 is 21.4 Å². The lowest BCUT2D eigenvalue weighted by Crippen LogP contribution is -2.17. The normalized spacial score (nSPS) is 23.4. The van der Waals surface area contributed by atoms with E-state index < -0.39 is 9.84 Å². The van der Waals surface area contributed by atoms with Crippen molar-refractivity contribution in [3.63, 3.8) is 0 Å². The lowest BCUT2D eigenvalue weighted by molar-refractivity contribution is 0.591. The number of hydrogen-bond acceptors (Lipinski definition) is 3. The molecular weight excluding hydrogens is 222 g/mol. The molecule has 0 amide bonds. The van der Waals surface area contributed by atoms with Crippen molar-refractivity contribution in [2.24, 2.45) is 0 Å². The zero-order valence-electron chi connectivity index (χ0n) is 7.62. The Morgan fingerprint density at radius 3 is 2.86 bits per heavy atom. The summed E-state index contributed by atoms with van der Waals surface area (Å²) in [6.45, 7) is 0. The number of rotatable bonds is 1. The number of sulfone groups is 1. The zero-order chi connectivity index (χ0) is 10.3. The summed E-state index contributed by atoms with van der Waals surface area (Å²) in [6.07, 6.45) is 0. The fourth-order valence-electron chi connectivity index (χ4n) is 1.76. The minimum Gasteiger partial charge on any atom is -0.312 e. The van der Waals surface area contributed by atoms with E-state index in [0.29, 0.717) is 9.92 Å². The maximum atomic E-state index is 11.7. The summed E-state index contributed by atoms with van der Waals surface area (Å²) >= 11 is 5.87. The van der Waals surface area contributed by atoms with E-state index in [2.05, 4.69) is 5.32 Å². The molecule has 0 bridgehead atoms. The second kappa shape index (κ2) is 3.22. The van der Waals surface area contributed by atoms with Gasteiger partial charge in [0.2, 0.25) is 0 Å². The molecule has 2 rings (SSSR count). The minimum atomic E-state index is -3.19. The third kappa shape index (κ3) is 1.34. The van der Waals surface area contributed by atoms with Gasteiger partial charge in [0.15, 0.2) is 9.84 Å². The van der Waals surface area contributed by atoms with Crippen molar-refractivity contribution in [1.29, 1.82) is 0 Å². The highest BCUT2D eigenvalue weighted by molar-refractivity contribution is 7.92. The number of benzene rings is 1. The molecular formula is C9H10ClNO2S. The molecule has 14 heavy (non-hydrogen) atoms. The molecule has 5 heteroatoms. The van der Waals surface area contributed by atoms with Gasteiger partial charge < -0.3 is 5.32 Å². The molecule has 1 aromatic carbocycles. The molecule has 0 saturated carbocycles. The van der Waals surface area contributed by atoms with Crippen molar-refractivity contribution in [3.05, 3.63) is 28.8 Å². The Hall–Kier alpha value is -0.580. The van der Waals surface area contributed by atoms with Gasteiger partial charge in [-0.3, -0.25) is 0 Å². The summed E-state index contributed by atoms with van der Waals surface area (Å²) in [5.74, 6) is 0.0998. The average Bonchev–Trinajstić information content (AvgIpc) is 2.39. The largest absolute Gasteiger partial charge is 0.312 e. The van der Waals surface area contributed by atoms with Crippen LogP contribution in [0.5, 0.6) is 0 Å². The van der Waals surface area contributed by atoms with Gasteiger partial charge in [-0.15, -0.1) is 0 Å². The van der Waals surface area contributed by atoms with Crippen molar-refractivity contribution in [3.8, 4) is 0 Å². The second-order valence-corrected chi connectivity index (χ2v) is 5.66. The first-order chi connectivity index (χ1) is 6.56. The van der Waals surface area contributed by atoms with Gasteiger partial charge in [-0.05, 0) is 18.7 Å². The molecule has 0 radical (unpaired) electrons. The first kappa shape index (κ1) is 9.96. The summed E-state index contributed by atoms with van der Waals surface area (Å²) in [7, 11) is -1.45. The zero-order valence-corrected chi connectivity index (χ0v) is 9.19. The lowest BCUT2D eigenvalue weighted by atomic mass is 10.1. The van der Waals surface area contributed by atoms with E-state index in [1.807, 2.05) is 0 Å². The molecule has 0 saturated heterocycles. The Bertz CT molecular complexity index is 470. The van der Waals surface area contributed by atoms with Crippen LogP contribution in [-0.2, 0) is 9.84 Å². The van der Waals surface area contributed by atoms with E-state index in [1.54, 1.807) is 25.2 Å². The molecule has 1 aliphatic heterocycles. The van der Waals surface area contributed by atoms with Crippen LogP contribution >= 0.6 is 11.6 Å². The Kier molecular flexibility index (Phi) is 2.29. The van der Waals surface area contributed by atoms with Gasteiger partial charge in [-0.25, -0.2) is 8.42 Å². The van der Waals surface area contributed by atoms with Crippen molar-refractivity contribution in [2.45, 2.75) is 10.9 Å². The SMILES string of the molecule is CNC1CS(=O)(=O)c2c(Cl)cccc21. The molecule has 1 unspecified atom stereocenters. The van der Waals surface area contributed by atoms with E-state index >= 15 is 0 Å². The van der Waals surface area contributed by atoms with Crippen LogP contribution < -0.4 is 5.32 Å². The smallest absolute Gasteiger partial charge is 0.182 e. The number of hydrogen-bond donors (Lipinski definition) is 1. The van der Waals surface area contributed by atoms with Crippen LogP contribution in [-0.4, -0.2) is 21.2 Å². The Labute approximate surface area is 88.0 Å². The van der Waals surface area contributed by atoms with Crippen LogP contribution in [0.2, 0.25) is 5.02 Å². The lowest BCUT2D eigenvalue weighted by Gasteiger charge is -2.07. The molecule has 3 nitrogen and oxygen atoms in total. The number of fused-ring (bicyclic) bond motifs is 1. The quantitative estimate of drug-likeness (QED) is 0.795. The fraction of sp³-hybridized carbons (Fsp3) is 0.333. The molecule has 76 valence electrons. The van der Waals surface area contributed by atoms with Gasteiger partial charge in [0.25, 0.3) is 0 Å². The van der Waals surface area contributed by atoms with Crippen molar-refractivity contribution < 1.29 is 8.42 Å². The highest BCUT2D eigenvalue weighted by atomic mass is 35.5. The molecule has 0 aliphatic carbocycles. The monoisotopic (exact) mass is 231 g/mol. The first-order valence-electron chi connectivity index (χ1n) is 4.24. The van der Waals surface area contributed by atoms with E-state index in [-0.39, 0.29) is 11.8 Å². The molecule has 1 atom stereocenters. The Balaban J connectivity index is 2.72. The highest BCUT2D eigenvalue weighted by Gasteiger charge is 2.35.